The monoisotopic (exact) mass is 599 g/mol. The molecule has 8 nitrogen and oxygen atoms in total. The van der Waals surface area contributed by atoms with Gasteiger partial charge >= 0.3 is 12.1 Å². The van der Waals surface area contributed by atoms with E-state index in [2.05, 4.69) is 5.32 Å². The van der Waals surface area contributed by atoms with Crippen molar-refractivity contribution in [1.29, 1.82) is 0 Å². The molecule has 3 aromatic rings. The number of nitrogens with one attached hydrogen (secondary N) is 1. The van der Waals surface area contributed by atoms with Gasteiger partial charge in [-0.15, -0.1) is 0 Å². The Morgan fingerprint density at radius 1 is 0.952 bits per heavy atom. The third kappa shape index (κ3) is 9.66. The van der Waals surface area contributed by atoms with Crippen LogP contribution in [0.15, 0.2) is 65.6 Å². The lowest BCUT2D eigenvalue weighted by molar-refractivity contribution is -0.153. The van der Waals surface area contributed by atoms with E-state index in [-0.39, 0.29) is 29.1 Å². The molecule has 2 atom stereocenters. The Morgan fingerprint density at radius 3 is 2.26 bits per heavy atom. The molecule has 1 unspecified atom stereocenters. The molecule has 0 fully saturated rings. The van der Waals surface area contributed by atoms with Crippen molar-refractivity contribution in [2.75, 3.05) is 0 Å². The molecule has 0 aliphatic heterocycles. The predicted molar refractivity (Wildman–Crippen MR) is 159 cm³/mol. The smallest absolute Gasteiger partial charge is 0.408 e. The van der Waals surface area contributed by atoms with Gasteiger partial charge in [0.05, 0.1) is 17.4 Å². The first kappa shape index (κ1) is 32.8. The molecule has 10 heteroatoms. The van der Waals surface area contributed by atoms with Crippen LogP contribution in [-0.4, -0.2) is 32.0 Å². The highest BCUT2D eigenvalue weighted by molar-refractivity contribution is 7.79. The second kappa shape index (κ2) is 13.5. The van der Waals surface area contributed by atoms with Crippen molar-refractivity contribution in [1.82, 2.24) is 5.32 Å². The van der Waals surface area contributed by atoms with Gasteiger partial charge in [-0.1, -0.05) is 36.4 Å². The first-order valence-corrected chi connectivity index (χ1v) is 14.6. The number of carbonyl (C=O) groups excluding carboxylic acids is 2. The van der Waals surface area contributed by atoms with Gasteiger partial charge < -0.3 is 24.1 Å². The lowest BCUT2D eigenvalue weighted by Gasteiger charge is -2.22. The molecule has 3 rings (SSSR count). The van der Waals surface area contributed by atoms with Crippen LogP contribution in [0.2, 0.25) is 0 Å². The molecular formula is C32H38FNO7S. The number of hydrogen-bond acceptors (Lipinski definition) is 6. The molecular weight excluding hydrogens is 561 g/mol. The average Bonchev–Trinajstić information content (AvgIpc) is 2.85. The fourth-order valence-corrected chi connectivity index (χ4v) is 4.63. The van der Waals surface area contributed by atoms with Gasteiger partial charge in [-0.25, -0.2) is 13.4 Å². The lowest BCUT2D eigenvalue weighted by Crippen LogP contribution is -2.34. The summed E-state index contributed by atoms with van der Waals surface area (Å²) in [5, 5.41) is 2.64. The normalized spacial score (nSPS) is 13.2. The van der Waals surface area contributed by atoms with Gasteiger partial charge in [0.15, 0.2) is 11.1 Å². The summed E-state index contributed by atoms with van der Waals surface area (Å²) in [5.41, 5.74) is 0.575. The SMILES string of the molecule is C[C@@H](NC(=O)OC(C)(C)C)c1cccc(-c2cc(COc3ccccc3CC(=O)OC(C)(C)C)cc(S(=O)O)c2)c1F. The summed E-state index contributed by atoms with van der Waals surface area (Å²) in [5.74, 6) is -0.531. The van der Waals surface area contributed by atoms with E-state index in [1.54, 1.807) is 97.0 Å². The molecule has 0 spiro atoms. The Kier molecular flexibility index (Phi) is 10.5. The van der Waals surface area contributed by atoms with Crippen molar-refractivity contribution in [3.05, 3.63) is 83.2 Å². The van der Waals surface area contributed by atoms with Crippen LogP contribution in [0.4, 0.5) is 9.18 Å². The maximum Gasteiger partial charge on any atom is 0.408 e. The van der Waals surface area contributed by atoms with Crippen molar-refractivity contribution in [2.24, 2.45) is 0 Å². The van der Waals surface area contributed by atoms with Crippen LogP contribution in [0.3, 0.4) is 0 Å². The Morgan fingerprint density at radius 2 is 1.62 bits per heavy atom. The van der Waals surface area contributed by atoms with E-state index < -0.39 is 46.2 Å². The van der Waals surface area contributed by atoms with Gasteiger partial charge in [0, 0.05) is 16.7 Å². The van der Waals surface area contributed by atoms with Crippen LogP contribution in [0.25, 0.3) is 11.1 Å². The van der Waals surface area contributed by atoms with Crippen LogP contribution in [0.5, 0.6) is 5.75 Å². The number of benzene rings is 3. The fraction of sp³-hybridized carbons (Fsp3) is 0.375. The van der Waals surface area contributed by atoms with Crippen molar-refractivity contribution in [2.45, 2.75) is 83.6 Å². The van der Waals surface area contributed by atoms with Crippen LogP contribution in [-0.2, 0) is 38.4 Å². The topological polar surface area (TPSA) is 111 Å². The Hall–Kier alpha value is -3.76. The number of amides is 1. The largest absolute Gasteiger partial charge is 0.489 e. The molecule has 2 N–H and O–H groups in total. The molecule has 3 aromatic carbocycles. The number of para-hydroxylation sites is 1. The summed E-state index contributed by atoms with van der Waals surface area (Å²) in [4.78, 5) is 24.7. The van der Waals surface area contributed by atoms with E-state index in [4.69, 9.17) is 14.2 Å². The van der Waals surface area contributed by atoms with Crippen molar-refractivity contribution in [3.8, 4) is 16.9 Å². The van der Waals surface area contributed by atoms with Crippen LogP contribution in [0, 0.1) is 5.82 Å². The number of ether oxygens (including phenoxy) is 3. The number of alkyl carbamates (subject to hydrolysis) is 1. The van der Waals surface area contributed by atoms with E-state index >= 15 is 4.39 Å². The van der Waals surface area contributed by atoms with E-state index in [1.165, 1.54) is 12.1 Å². The predicted octanol–water partition coefficient (Wildman–Crippen LogP) is 7.12. The zero-order valence-corrected chi connectivity index (χ0v) is 25.8. The number of halogens is 1. The molecule has 0 heterocycles. The van der Waals surface area contributed by atoms with E-state index in [0.29, 0.717) is 22.4 Å². The molecule has 0 aromatic heterocycles. The maximum absolute atomic E-state index is 15.8. The molecule has 0 bridgehead atoms. The van der Waals surface area contributed by atoms with E-state index in [1.807, 2.05) is 0 Å². The average molecular weight is 600 g/mol. The summed E-state index contributed by atoms with van der Waals surface area (Å²) in [6, 6.07) is 15.7. The maximum atomic E-state index is 15.8. The number of esters is 1. The minimum Gasteiger partial charge on any atom is -0.489 e. The highest BCUT2D eigenvalue weighted by atomic mass is 32.2. The molecule has 0 aliphatic rings. The highest BCUT2D eigenvalue weighted by Gasteiger charge is 2.22. The number of rotatable bonds is 9. The van der Waals surface area contributed by atoms with Gasteiger partial charge in [0.25, 0.3) is 0 Å². The number of hydrogen-bond donors (Lipinski definition) is 2. The summed E-state index contributed by atoms with van der Waals surface area (Å²) in [6.07, 6.45) is -0.670. The molecule has 226 valence electrons. The molecule has 0 radical (unpaired) electrons. The van der Waals surface area contributed by atoms with Crippen molar-refractivity contribution < 1.29 is 37.0 Å². The first-order valence-electron chi connectivity index (χ1n) is 13.5. The van der Waals surface area contributed by atoms with E-state index in [0.717, 1.165) is 0 Å². The molecule has 42 heavy (non-hydrogen) atoms. The third-order valence-electron chi connectivity index (χ3n) is 5.83. The van der Waals surface area contributed by atoms with Gasteiger partial charge in [-0.3, -0.25) is 4.79 Å². The van der Waals surface area contributed by atoms with E-state index in [9.17, 15) is 18.4 Å². The minimum atomic E-state index is -2.34. The van der Waals surface area contributed by atoms with Crippen LogP contribution < -0.4 is 10.1 Å². The van der Waals surface area contributed by atoms with Gasteiger partial charge in [0.2, 0.25) is 0 Å². The number of carbonyl (C=O) groups is 2. The Labute approximate surface area is 248 Å². The second-order valence-electron chi connectivity index (χ2n) is 11.9. The quantitative estimate of drug-likeness (QED) is 0.199. The standard InChI is InChI=1S/C32H38FNO7S/c1-20(34-30(36)41-32(5,6)7)25-12-10-13-26(29(25)33)23-15-21(16-24(17-23)42(37)38)19-39-27-14-9-8-11-22(27)18-28(35)40-31(2,3)4/h8-17,20H,18-19H2,1-7H3,(H,34,36)(H,37,38)/t20-/m1/s1. The lowest BCUT2D eigenvalue weighted by atomic mass is 9.97. The highest BCUT2D eigenvalue weighted by Crippen LogP contribution is 2.31. The summed E-state index contributed by atoms with van der Waals surface area (Å²) >= 11 is -2.34. The second-order valence-corrected chi connectivity index (χ2v) is 12.8. The summed E-state index contributed by atoms with van der Waals surface area (Å²) in [6.45, 7) is 12.2. The molecule has 1 amide bonds. The summed E-state index contributed by atoms with van der Waals surface area (Å²) < 4.78 is 54.4. The third-order valence-corrected chi connectivity index (χ3v) is 6.47. The minimum absolute atomic E-state index is 0.00685. The Bertz CT molecular complexity index is 1460. The summed E-state index contributed by atoms with van der Waals surface area (Å²) in [7, 11) is 0. The van der Waals surface area contributed by atoms with Gasteiger partial charge in [0.1, 0.15) is 29.4 Å². The van der Waals surface area contributed by atoms with Crippen LogP contribution in [0.1, 0.15) is 71.2 Å². The Balaban J connectivity index is 1.88. The van der Waals surface area contributed by atoms with Crippen molar-refractivity contribution in [3.63, 3.8) is 0 Å². The molecule has 0 saturated heterocycles. The van der Waals surface area contributed by atoms with Gasteiger partial charge in [-0.05, 0) is 83.9 Å². The first-order chi connectivity index (χ1) is 19.5. The molecule has 0 saturated carbocycles. The zero-order chi connectivity index (χ0) is 31.2. The fourth-order valence-electron chi connectivity index (χ4n) is 4.15. The van der Waals surface area contributed by atoms with Gasteiger partial charge in [-0.2, -0.15) is 0 Å². The van der Waals surface area contributed by atoms with Crippen molar-refractivity contribution >= 4 is 23.1 Å². The molecule has 0 aliphatic carbocycles. The zero-order valence-electron chi connectivity index (χ0n) is 24.9. The van der Waals surface area contributed by atoms with Crippen LogP contribution >= 0.6 is 0 Å².